The van der Waals surface area contributed by atoms with Crippen molar-refractivity contribution in [3.05, 3.63) is 58.1 Å². The Morgan fingerprint density at radius 2 is 2.00 bits per heavy atom. The van der Waals surface area contributed by atoms with Crippen molar-refractivity contribution in [3.8, 4) is 0 Å². The van der Waals surface area contributed by atoms with E-state index in [0.29, 0.717) is 11.4 Å². The Hall–Kier alpha value is -1.91. The van der Waals surface area contributed by atoms with Crippen LogP contribution in [0.5, 0.6) is 0 Å². The van der Waals surface area contributed by atoms with E-state index in [2.05, 4.69) is 16.4 Å². The number of nitrogens with zero attached hydrogens (tertiary/aromatic N) is 1. The SMILES string of the molecule is Cc1c(Cl)cccc1NC(=O)CCCCc1nc2ccccc2s1. The minimum Gasteiger partial charge on any atom is -0.326 e. The molecule has 0 saturated carbocycles. The van der Waals surface area contributed by atoms with Crippen LogP contribution in [0.1, 0.15) is 29.8 Å². The second-order valence-corrected chi connectivity index (χ2v) is 7.27. The predicted octanol–water partition coefficient (Wildman–Crippen LogP) is 5.61. The number of para-hydroxylation sites is 1. The Bertz CT molecular complexity index is 826. The summed E-state index contributed by atoms with van der Waals surface area (Å²) >= 11 is 7.80. The maximum absolute atomic E-state index is 12.1. The molecule has 5 heteroatoms. The zero-order chi connectivity index (χ0) is 16.9. The number of amides is 1. The standard InChI is InChI=1S/C19H19ClN2OS/c1-13-14(20)7-6-9-15(13)21-18(23)11-4-5-12-19-22-16-8-2-3-10-17(16)24-19/h2-3,6-10H,4-5,11-12H2,1H3,(H,21,23). The molecule has 2 aromatic carbocycles. The zero-order valence-corrected chi connectivity index (χ0v) is 15.1. The molecule has 3 rings (SSSR count). The second-order valence-electron chi connectivity index (χ2n) is 5.74. The second kappa shape index (κ2) is 7.77. The van der Waals surface area contributed by atoms with Crippen molar-refractivity contribution < 1.29 is 4.79 Å². The molecular weight excluding hydrogens is 340 g/mol. The number of fused-ring (bicyclic) bond motifs is 1. The fraction of sp³-hybridized carbons (Fsp3) is 0.263. The van der Waals surface area contributed by atoms with E-state index in [-0.39, 0.29) is 5.91 Å². The molecule has 0 radical (unpaired) electrons. The van der Waals surface area contributed by atoms with E-state index in [9.17, 15) is 4.79 Å². The molecular formula is C19H19ClN2OS. The van der Waals surface area contributed by atoms with Gasteiger partial charge in [-0.05, 0) is 56.0 Å². The molecule has 1 amide bonds. The van der Waals surface area contributed by atoms with E-state index in [1.165, 1.54) is 4.70 Å². The first-order valence-electron chi connectivity index (χ1n) is 8.03. The number of hydrogen-bond donors (Lipinski definition) is 1. The van der Waals surface area contributed by atoms with Crippen molar-refractivity contribution in [2.45, 2.75) is 32.6 Å². The van der Waals surface area contributed by atoms with Gasteiger partial charge < -0.3 is 5.32 Å². The number of thiazole rings is 1. The minimum absolute atomic E-state index is 0.0321. The number of aromatic nitrogens is 1. The van der Waals surface area contributed by atoms with Gasteiger partial charge in [0, 0.05) is 17.1 Å². The summed E-state index contributed by atoms with van der Waals surface area (Å²) in [7, 11) is 0. The van der Waals surface area contributed by atoms with Gasteiger partial charge in [0.05, 0.1) is 15.2 Å². The van der Waals surface area contributed by atoms with Crippen LogP contribution in [0, 0.1) is 6.92 Å². The molecule has 0 atom stereocenters. The number of unbranched alkanes of at least 4 members (excludes halogenated alkanes) is 1. The number of aryl methyl sites for hydroxylation is 1. The Kier molecular flexibility index (Phi) is 5.48. The predicted molar refractivity (Wildman–Crippen MR) is 102 cm³/mol. The van der Waals surface area contributed by atoms with Gasteiger partial charge in [-0.1, -0.05) is 29.8 Å². The highest BCUT2D eigenvalue weighted by Crippen LogP contribution is 2.24. The van der Waals surface area contributed by atoms with Crippen LogP contribution in [0.15, 0.2) is 42.5 Å². The lowest BCUT2D eigenvalue weighted by Crippen LogP contribution is -2.12. The fourth-order valence-corrected chi connectivity index (χ4v) is 3.73. The highest BCUT2D eigenvalue weighted by atomic mass is 35.5. The van der Waals surface area contributed by atoms with E-state index in [0.717, 1.165) is 41.0 Å². The number of nitrogens with one attached hydrogen (secondary N) is 1. The molecule has 0 aliphatic carbocycles. The summed E-state index contributed by atoms with van der Waals surface area (Å²) in [5, 5.41) is 4.75. The van der Waals surface area contributed by atoms with Gasteiger partial charge in [0.25, 0.3) is 0 Å². The van der Waals surface area contributed by atoms with Gasteiger partial charge in [-0.25, -0.2) is 4.98 Å². The molecule has 0 saturated heterocycles. The number of carbonyl (C=O) groups excluding carboxylic acids is 1. The molecule has 3 aromatic rings. The van der Waals surface area contributed by atoms with E-state index in [4.69, 9.17) is 11.6 Å². The normalized spacial score (nSPS) is 10.9. The van der Waals surface area contributed by atoms with Crippen LogP contribution in [0.2, 0.25) is 5.02 Å². The van der Waals surface area contributed by atoms with Gasteiger partial charge in [-0.3, -0.25) is 4.79 Å². The van der Waals surface area contributed by atoms with E-state index in [1.807, 2.05) is 43.3 Å². The molecule has 1 aromatic heterocycles. The zero-order valence-electron chi connectivity index (χ0n) is 13.5. The van der Waals surface area contributed by atoms with Gasteiger partial charge >= 0.3 is 0 Å². The average molecular weight is 359 g/mol. The molecule has 0 aliphatic rings. The van der Waals surface area contributed by atoms with Crippen LogP contribution in [-0.2, 0) is 11.2 Å². The summed E-state index contributed by atoms with van der Waals surface area (Å²) in [5.74, 6) is 0.0321. The van der Waals surface area contributed by atoms with Crippen LogP contribution in [0.4, 0.5) is 5.69 Å². The van der Waals surface area contributed by atoms with E-state index < -0.39 is 0 Å². The van der Waals surface area contributed by atoms with Crippen LogP contribution in [-0.4, -0.2) is 10.9 Å². The molecule has 0 aliphatic heterocycles. The third kappa shape index (κ3) is 4.13. The largest absolute Gasteiger partial charge is 0.326 e. The monoisotopic (exact) mass is 358 g/mol. The van der Waals surface area contributed by atoms with Gasteiger partial charge in [0.2, 0.25) is 5.91 Å². The van der Waals surface area contributed by atoms with Crippen LogP contribution in [0.25, 0.3) is 10.2 Å². The van der Waals surface area contributed by atoms with Crippen molar-refractivity contribution in [2.24, 2.45) is 0 Å². The highest BCUT2D eigenvalue weighted by molar-refractivity contribution is 7.18. The molecule has 3 nitrogen and oxygen atoms in total. The number of hydrogen-bond acceptors (Lipinski definition) is 3. The third-order valence-electron chi connectivity index (χ3n) is 3.92. The third-order valence-corrected chi connectivity index (χ3v) is 5.43. The molecule has 1 heterocycles. The summed E-state index contributed by atoms with van der Waals surface area (Å²) in [6, 6.07) is 13.7. The van der Waals surface area contributed by atoms with Crippen LogP contribution in [0.3, 0.4) is 0 Å². The molecule has 0 spiro atoms. The lowest BCUT2D eigenvalue weighted by molar-refractivity contribution is -0.116. The molecule has 0 unspecified atom stereocenters. The maximum Gasteiger partial charge on any atom is 0.224 e. The van der Waals surface area contributed by atoms with Crippen molar-refractivity contribution >= 4 is 44.7 Å². The van der Waals surface area contributed by atoms with Gasteiger partial charge in [0.1, 0.15) is 0 Å². The topological polar surface area (TPSA) is 42.0 Å². The number of benzene rings is 2. The highest BCUT2D eigenvalue weighted by Gasteiger charge is 2.07. The maximum atomic E-state index is 12.1. The van der Waals surface area contributed by atoms with Gasteiger partial charge in [0.15, 0.2) is 0 Å². The number of rotatable bonds is 6. The summed E-state index contributed by atoms with van der Waals surface area (Å²) in [4.78, 5) is 16.7. The first-order valence-corrected chi connectivity index (χ1v) is 9.22. The number of anilines is 1. The first-order chi connectivity index (χ1) is 11.6. The van der Waals surface area contributed by atoms with Crippen molar-refractivity contribution in [1.29, 1.82) is 0 Å². The Morgan fingerprint density at radius 3 is 2.83 bits per heavy atom. The lowest BCUT2D eigenvalue weighted by Gasteiger charge is -2.09. The summed E-state index contributed by atoms with van der Waals surface area (Å²) < 4.78 is 1.22. The summed E-state index contributed by atoms with van der Waals surface area (Å²) in [5.41, 5.74) is 2.76. The van der Waals surface area contributed by atoms with Crippen LogP contribution >= 0.6 is 22.9 Å². The van der Waals surface area contributed by atoms with E-state index >= 15 is 0 Å². The lowest BCUT2D eigenvalue weighted by atomic mass is 10.1. The summed E-state index contributed by atoms with van der Waals surface area (Å²) in [6.45, 7) is 1.91. The van der Waals surface area contributed by atoms with Crippen molar-refractivity contribution in [2.75, 3.05) is 5.32 Å². The molecule has 0 bridgehead atoms. The first kappa shape index (κ1) is 16.9. The minimum atomic E-state index is 0.0321. The quantitative estimate of drug-likeness (QED) is 0.582. The Morgan fingerprint density at radius 1 is 1.17 bits per heavy atom. The van der Waals surface area contributed by atoms with Crippen molar-refractivity contribution in [3.63, 3.8) is 0 Å². The van der Waals surface area contributed by atoms with Gasteiger partial charge in [-0.2, -0.15) is 0 Å². The molecule has 24 heavy (non-hydrogen) atoms. The number of halogens is 1. The summed E-state index contributed by atoms with van der Waals surface area (Å²) in [6.07, 6.45) is 3.24. The van der Waals surface area contributed by atoms with E-state index in [1.54, 1.807) is 11.3 Å². The fourth-order valence-electron chi connectivity index (χ4n) is 2.54. The van der Waals surface area contributed by atoms with Crippen LogP contribution < -0.4 is 5.32 Å². The Labute approximate surface area is 150 Å². The van der Waals surface area contributed by atoms with Crippen molar-refractivity contribution in [1.82, 2.24) is 4.98 Å². The number of carbonyl (C=O) groups is 1. The molecule has 1 N–H and O–H groups in total. The average Bonchev–Trinajstić information content (AvgIpc) is 2.99. The molecule has 0 fully saturated rings. The molecule has 124 valence electrons. The van der Waals surface area contributed by atoms with Gasteiger partial charge in [-0.15, -0.1) is 11.3 Å². The Balaban J connectivity index is 1.46. The smallest absolute Gasteiger partial charge is 0.224 e.